The minimum Gasteiger partial charge on any atom is -0.251 e. The van der Waals surface area contributed by atoms with Crippen LogP contribution in [-0.4, -0.2) is 6.67 Å². The summed E-state index contributed by atoms with van der Waals surface area (Å²) in [7, 11) is 0. The third-order valence-electron chi connectivity index (χ3n) is 3.09. The molecule has 2 atom stereocenters. The summed E-state index contributed by atoms with van der Waals surface area (Å²) in [5, 5.41) is 9.09. The predicted octanol–water partition coefficient (Wildman–Crippen LogP) is 3.31. The van der Waals surface area contributed by atoms with Crippen molar-refractivity contribution in [1.29, 1.82) is 5.26 Å². The molecule has 0 radical (unpaired) electrons. The van der Waals surface area contributed by atoms with Gasteiger partial charge in [0.1, 0.15) is 0 Å². The number of rotatable bonds is 2. The highest BCUT2D eigenvalue weighted by atomic mass is 19.1. The van der Waals surface area contributed by atoms with E-state index in [1.165, 1.54) is 6.42 Å². The average Bonchev–Trinajstić information content (AvgIpc) is 2.03. The molecule has 1 nitrogen and oxygen atoms in total. The number of hydrogen-bond acceptors (Lipinski definition) is 1. The second kappa shape index (κ2) is 4.09. The summed E-state index contributed by atoms with van der Waals surface area (Å²) in [6, 6.07) is 2.34. The van der Waals surface area contributed by atoms with Crippen LogP contribution in [0.25, 0.3) is 0 Å². The smallest absolute Gasteiger partial charge is 0.0909 e. The molecule has 2 heteroatoms. The summed E-state index contributed by atoms with van der Waals surface area (Å²) in [4.78, 5) is 0. The van der Waals surface area contributed by atoms with Crippen molar-refractivity contribution in [2.45, 2.75) is 39.5 Å². The highest BCUT2D eigenvalue weighted by Gasteiger charge is 2.37. The zero-order valence-corrected chi connectivity index (χ0v) is 8.52. The predicted molar refractivity (Wildman–Crippen MR) is 50.8 cm³/mol. The number of halogens is 1. The van der Waals surface area contributed by atoms with Crippen LogP contribution in [0.5, 0.6) is 0 Å². The third kappa shape index (κ3) is 2.43. The van der Waals surface area contributed by atoms with E-state index in [9.17, 15) is 4.39 Å². The Morgan fingerprint density at radius 2 is 1.92 bits per heavy atom. The Morgan fingerprint density at radius 3 is 2.31 bits per heavy atom. The van der Waals surface area contributed by atoms with Crippen LogP contribution < -0.4 is 0 Å². The number of nitriles is 1. The van der Waals surface area contributed by atoms with Gasteiger partial charge in [-0.25, -0.2) is 0 Å². The fourth-order valence-electron chi connectivity index (χ4n) is 2.80. The van der Waals surface area contributed by atoms with Gasteiger partial charge < -0.3 is 0 Å². The zero-order chi connectivity index (χ0) is 9.90. The largest absolute Gasteiger partial charge is 0.251 e. The Morgan fingerprint density at radius 1 is 1.38 bits per heavy atom. The minimum absolute atomic E-state index is 0.354. The molecule has 2 unspecified atom stereocenters. The van der Waals surface area contributed by atoms with E-state index in [4.69, 9.17) is 5.26 Å². The molecule has 0 aromatic heterocycles. The molecule has 1 aliphatic carbocycles. The lowest BCUT2D eigenvalue weighted by atomic mass is 9.66. The molecule has 74 valence electrons. The van der Waals surface area contributed by atoms with Crippen molar-refractivity contribution in [3.05, 3.63) is 0 Å². The van der Waals surface area contributed by atoms with E-state index in [0.29, 0.717) is 18.3 Å². The summed E-state index contributed by atoms with van der Waals surface area (Å²) in [6.45, 7) is 3.98. The Bertz CT molecular complexity index is 197. The Balaban J connectivity index is 2.69. The molecular formula is C11H18FN. The fourth-order valence-corrected chi connectivity index (χ4v) is 2.80. The summed E-state index contributed by atoms with van der Waals surface area (Å²) in [5.74, 6) is 1.16. The first-order valence-electron chi connectivity index (χ1n) is 5.09. The van der Waals surface area contributed by atoms with E-state index < -0.39 is 0 Å². The fraction of sp³-hybridized carbons (Fsp3) is 0.909. The van der Waals surface area contributed by atoms with Crippen molar-refractivity contribution in [2.75, 3.05) is 6.67 Å². The van der Waals surface area contributed by atoms with Crippen molar-refractivity contribution in [3.63, 3.8) is 0 Å². The Hall–Kier alpha value is -0.580. The van der Waals surface area contributed by atoms with Gasteiger partial charge in [0, 0.05) is 0 Å². The summed E-state index contributed by atoms with van der Waals surface area (Å²) in [6.07, 6.45) is 3.39. The molecule has 0 aromatic carbocycles. The van der Waals surface area contributed by atoms with E-state index in [2.05, 4.69) is 19.9 Å². The summed E-state index contributed by atoms with van der Waals surface area (Å²) >= 11 is 0. The molecule has 1 fully saturated rings. The van der Waals surface area contributed by atoms with Gasteiger partial charge in [0.2, 0.25) is 0 Å². The molecule has 0 spiro atoms. The molecule has 1 saturated carbocycles. The monoisotopic (exact) mass is 183 g/mol. The topological polar surface area (TPSA) is 23.8 Å². The minimum atomic E-state index is -0.355. The maximum atomic E-state index is 12.3. The quantitative estimate of drug-likeness (QED) is 0.644. The highest BCUT2D eigenvalue weighted by molar-refractivity contribution is 5.02. The van der Waals surface area contributed by atoms with Crippen molar-refractivity contribution >= 4 is 0 Å². The lowest BCUT2D eigenvalue weighted by Crippen LogP contribution is -2.30. The van der Waals surface area contributed by atoms with E-state index in [0.717, 1.165) is 12.8 Å². The molecule has 1 aliphatic rings. The average molecular weight is 183 g/mol. The van der Waals surface area contributed by atoms with Crippen molar-refractivity contribution in [2.24, 2.45) is 17.3 Å². The lowest BCUT2D eigenvalue weighted by molar-refractivity contribution is 0.139. The van der Waals surface area contributed by atoms with Crippen LogP contribution in [0.15, 0.2) is 0 Å². The van der Waals surface area contributed by atoms with E-state index in [1.807, 2.05) is 0 Å². The standard InChI is InChI=1S/C11H18FN/c1-9-5-10(2)7-11(6-9,8-13)3-4-12/h9-10H,3-7H2,1-2H3. The van der Waals surface area contributed by atoms with Gasteiger partial charge in [0.25, 0.3) is 0 Å². The van der Waals surface area contributed by atoms with Gasteiger partial charge in [-0.2, -0.15) is 5.26 Å². The van der Waals surface area contributed by atoms with Gasteiger partial charge in [0.15, 0.2) is 0 Å². The zero-order valence-electron chi connectivity index (χ0n) is 8.52. The first-order valence-corrected chi connectivity index (χ1v) is 5.09. The van der Waals surface area contributed by atoms with Gasteiger partial charge >= 0.3 is 0 Å². The first kappa shape index (κ1) is 10.5. The molecule has 13 heavy (non-hydrogen) atoms. The highest BCUT2D eigenvalue weighted by Crippen LogP contribution is 2.44. The van der Waals surface area contributed by atoms with Crippen LogP contribution in [0.3, 0.4) is 0 Å². The molecule has 0 saturated heterocycles. The molecule has 0 N–H and O–H groups in total. The van der Waals surface area contributed by atoms with Crippen molar-refractivity contribution in [1.82, 2.24) is 0 Å². The second-order valence-electron chi connectivity index (χ2n) is 4.69. The van der Waals surface area contributed by atoms with Crippen LogP contribution in [0.4, 0.5) is 4.39 Å². The van der Waals surface area contributed by atoms with Gasteiger partial charge in [-0.1, -0.05) is 13.8 Å². The summed E-state index contributed by atoms with van der Waals surface area (Å²) < 4.78 is 12.3. The van der Waals surface area contributed by atoms with Crippen LogP contribution in [0.2, 0.25) is 0 Å². The van der Waals surface area contributed by atoms with Crippen molar-refractivity contribution in [3.8, 4) is 6.07 Å². The maximum Gasteiger partial charge on any atom is 0.0909 e. The Labute approximate surface area is 79.9 Å². The number of nitrogens with zero attached hydrogens (tertiary/aromatic N) is 1. The number of alkyl halides is 1. The van der Waals surface area contributed by atoms with Crippen LogP contribution in [0.1, 0.15) is 39.5 Å². The van der Waals surface area contributed by atoms with Gasteiger partial charge in [-0.05, 0) is 37.5 Å². The molecule has 0 aliphatic heterocycles. The third-order valence-corrected chi connectivity index (χ3v) is 3.09. The van der Waals surface area contributed by atoms with Gasteiger partial charge in [-0.3, -0.25) is 4.39 Å². The maximum absolute atomic E-state index is 12.3. The molecular weight excluding hydrogens is 165 g/mol. The van der Waals surface area contributed by atoms with Crippen LogP contribution in [0, 0.1) is 28.6 Å². The SMILES string of the molecule is CC1CC(C)CC(C#N)(CCF)C1. The molecule has 0 amide bonds. The second-order valence-corrected chi connectivity index (χ2v) is 4.69. The summed E-state index contributed by atoms with van der Waals surface area (Å²) in [5.41, 5.74) is -0.355. The van der Waals surface area contributed by atoms with Crippen LogP contribution in [-0.2, 0) is 0 Å². The molecule has 1 rings (SSSR count). The lowest BCUT2D eigenvalue weighted by Gasteiger charge is -2.37. The van der Waals surface area contributed by atoms with Gasteiger partial charge in [-0.15, -0.1) is 0 Å². The van der Waals surface area contributed by atoms with Gasteiger partial charge in [0.05, 0.1) is 18.2 Å². The van der Waals surface area contributed by atoms with Crippen LogP contribution >= 0.6 is 0 Å². The number of hydrogen-bond donors (Lipinski definition) is 0. The van der Waals surface area contributed by atoms with E-state index in [1.54, 1.807) is 0 Å². The van der Waals surface area contributed by atoms with E-state index >= 15 is 0 Å². The molecule has 0 bridgehead atoms. The molecule has 0 heterocycles. The molecule has 0 aromatic rings. The Kier molecular flexibility index (Phi) is 3.30. The first-order chi connectivity index (χ1) is 6.12. The normalized spacial score (nSPS) is 39.8. The van der Waals surface area contributed by atoms with Crippen molar-refractivity contribution < 1.29 is 4.39 Å². The van der Waals surface area contributed by atoms with E-state index in [-0.39, 0.29) is 12.1 Å².